The van der Waals surface area contributed by atoms with E-state index in [9.17, 15) is 9.18 Å². The molecule has 0 fully saturated rings. The average molecular weight is 293 g/mol. The van der Waals surface area contributed by atoms with Gasteiger partial charge in [0.2, 0.25) is 0 Å². The number of rotatable bonds is 7. The molecule has 1 amide bonds. The Labute approximate surface area is 124 Å². The number of carbonyl (C=O) groups excluding carboxylic acids is 1. The van der Waals surface area contributed by atoms with Crippen molar-refractivity contribution in [3.8, 4) is 11.8 Å². The number of halogens is 1. The molecule has 0 aromatic heterocycles. The van der Waals surface area contributed by atoms with Crippen LogP contribution in [0.5, 0.6) is 0 Å². The van der Waals surface area contributed by atoms with Crippen molar-refractivity contribution in [1.82, 2.24) is 5.32 Å². The second-order valence-corrected chi connectivity index (χ2v) is 4.42. The lowest BCUT2D eigenvalue weighted by Gasteiger charge is -2.07. The molecule has 0 heterocycles. The highest BCUT2D eigenvalue weighted by molar-refractivity contribution is 5.96. The Morgan fingerprint density at radius 3 is 2.95 bits per heavy atom. The van der Waals surface area contributed by atoms with E-state index in [-0.39, 0.29) is 18.1 Å². The number of benzene rings is 1. The van der Waals surface area contributed by atoms with Crippen molar-refractivity contribution < 1.29 is 19.0 Å². The maximum atomic E-state index is 13.3. The summed E-state index contributed by atoms with van der Waals surface area (Å²) in [5.74, 6) is 4.68. The molecule has 114 valence electrons. The Bertz CT molecular complexity index is 520. The first-order chi connectivity index (χ1) is 10.2. The summed E-state index contributed by atoms with van der Waals surface area (Å²) in [6.45, 7) is 1.10. The zero-order chi connectivity index (χ0) is 15.5. The summed E-state index contributed by atoms with van der Waals surface area (Å²) in [6, 6.07) is 3.91. The van der Waals surface area contributed by atoms with Crippen LogP contribution in [0.1, 0.15) is 35.2 Å². The molecular formula is C16H20FNO3. The molecule has 0 aliphatic rings. The van der Waals surface area contributed by atoms with Crippen LogP contribution >= 0.6 is 0 Å². The summed E-state index contributed by atoms with van der Waals surface area (Å²) >= 11 is 0. The molecule has 1 aromatic rings. The van der Waals surface area contributed by atoms with Crippen LogP contribution in [0.3, 0.4) is 0 Å². The summed E-state index contributed by atoms with van der Waals surface area (Å²) < 4.78 is 18.2. The van der Waals surface area contributed by atoms with E-state index in [1.165, 1.54) is 18.2 Å². The minimum Gasteiger partial charge on any atom is -0.395 e. The highest BCUT2D eigenvalue weighted by Crippen LogP contribution is 2.10. The van der Waals surface area contributed by atoms with Gasteiger partial charge in [-0.15, -0.1) is 0 Å². The van der Waals surface area contributed by atoms with Gasteiger partial charge in [0.25, 0.3) is 5.91 Å². The third-order valence-electron chi connectivity index (χ3n) is 2.75. The SMILES string of the molecule is COCCCCNC(=O)c1cc(F)ccc1C#CCCO. The lowest BCUT2D eigenvalue weighted by Crippen LogP contribution is -2.25. The van der Waals surface area contributed by atoms with E-state index in [0.717, 1.165) is 12.8 Å². The van der Waals surface area contributed by atoms with Crippen LogP contribution in [-0.4, -0.2) is 37.9 Å². The Kier molecular flexibility index (Phi) is 8.10. The van der Waals surface area contributed by atoms with Crippen LogP contribution in [-0.2, 0) is 4.74 Å². The lowest BCUT2D eigenvalue weighted by molar-refractivity contribution is 0.0950. The topological polar surface area (TPSA) is 58.6 Å². The number of nitrogens with one attached hydrogen (secondary N) is 1. The van der Waals surface area contributed by atoms with Crippen LogP contribution in [0.25, 0.3) is 0 Å². The van der Waals surface area contributed by atoms with E-state index >= 15 is 0 Å². The molecule has 4 nitrogen and oxygen atoms in total. The smallest absolute Gasteiger partial charge is 0.252 e. The highest BCUT2D eigenvalue weighted by Gasteiger charge is 2.11. The summed E-state index contributed by atoms with van der Waals surface area (Å²) in [7, 11) is 1.63. The van der Waals surface area contributed by atoms with E-state index in [0.29, 0.717) is 25.1 Å². The molecule has 1 aromatic carbocycles. The zero-order valence-electron chi connectivity index (χ0n) is 12.1. The molecule has 0 spiro atoms. The number of aliphatic hydroxyl groups excluding tert-OH is 1. The Balaban J connectivity index is 2.69. The molecule has 1 rings (SSSR count). The standard InChI is InChI=1S/C16H20FNO3/c1-21-11-5-3-9-18-16(20)15-12-14(17)8-7-13(15)6-2-4-10-19/h7-8,12,19H,3-5,9-11H2,1H3,(H,18,20). The summed E-state index contributed by atoms with van der Waals surface area (Å²) in [5.41, 5.74) is 0.673. The first-order valence-electron chi connectivity index (χ1n) is 6.85. The van der Waals surface area contributed by atoms with Crippen LogP contribution in [0, 0.1) is 17.7 Å². The number of hydrogen-bond donors (Lipinski definition) is 2. The molecule has 0 saturated carbocycles. The minimum atomic E-state index is -0.479. The van der Waals surface area contributed by atoms with Crippen molar-refractivity contribution in [1.29, 1.82) is 0 Å². The van der Waals surface area contributed by atoms with Gasteiger partial charge in [0, 0.05) is 32.2 Å². The van der Waals surface area contributed by atoms with Crippen LogP contribution in [0.2, 0.25) is 0 Å². The minimum absolute atomic E-state index is 0.0464. The summed E-state index contributed by atoms with van der Waals surface area (Å²) in [5, 5.41) is 11.4. The summed E-state index contributed by atoms with van der Waals surface area (Å²) in [6.07, 6.45) is 1.96. The van der Waals surface area contributed by atoms with E-state index in [4.69, 9.17) is 9.84 Å². The van der Waals surface area contributed by atoms with E-state index < -0.39 is 5.82 Å². The van der Waals surface area contributed by atoms with Crippen molar-refractivity contribution in [3.63, 3.8) is 0 Å². The number of ether oxygens (including phenoxy) is 1. The molecule has 0 saturated heterocycles. The Hall–Kier alpha value is -1.90. The third kappa shape index (κ3) is 6.39. The molecule has 0 radical (unpaired) electrons. The molecule has 0 atom stereocenters. The maximum Gasteiger partial charge on any atom is 0.252 e. The predicted octanol–water partition coefficient (Wildman–Crippen LogP) is 1.72. The molecule has 0 aliphatic heterocycles. The molecule has 2 N–H and O–H groups in total. The summed E-state index contributed by atoms with van der Waals surface area (Å²) in [4.78, 5) is 12.1. The van der Waals surface area contributed by atoms with Crippen molar-refractivity contribution in [2.24, 2.45) is 0 Å². The van der Waals surface area contributed by atoms with E-state index in [2.05, 4.69) is 17.2 Å². The van der Waals surface area contributed by atoms with Gasteiger partial charge in [-0.1, -0.05) is 11.8 Å². The number of methoxy groups -OCH3 is 1. The highest BCUT2D eigenvalue weighted by atomic mass is 19.1. The number of unbranched alkanes of at least 4 members (excludes halogenated alkanes) is 1. The number of amides is 1. The van der Waals surface area contributed by atoms with E-state index in [1.54, 1.807) is 7.11 Å². The molecule has 0 bridgehead atoms. The normalized spacial score (nSPS) is 9.86. The Morgan fingerprint density at radius 2 is 2.24 bits per heavy atom. The largest absolute Gasteiger partial charge is 0.395 e. The van der Waals surface area contributed by atoms with Crippen LogP contribution in [0.15, 0.2) is 18.2 Å². The van der Waals surface area contributed by atoms with Gasteiger partial charge >= 0.3 is 0 Å². The fourth-order valence-corrected chi connectivity index (χ4v) is 1.70. The van der Waals surface area contributed by atoms with E-state index in [1.807, 2.05) is 0 Å². The zero-order valence-corrected chi connectivity index (χ0v) is 12.1. The quantitative estimate of drug-likeness (QED) is 0.594. The van der Waals surface area contributed by atoms with Crippen molar-refractivity contribution in [2.45, 2.75) is 19.3 Å². The number of aliphatic hydroxyl groups is 1. The van der Waals surface area contributed by atoms with Gasteiger partial charge in [-0.05, 0) is 31.0 Å². The lowest BCUT2D eigenvalue weighted by atomic mass is 10.1. The number of carbonyl (C=O) groups is 1. The monoisotopic (exact) mass is 293 g/mol. The van der Waals surface area contributed by atoms with Crippen LogP contribution in [0.4, 0.5) is 4.39 Å². The van der Waals surface area contributed by atoms with Crippen molar-refractivity contribution >= 4 is 5.91 Å². The van der Waals surface area contributed by atoms with Crippen molar-refractivity contribution in [2.75, 3.05) is 26.9 Å². The number of hydrogen-bond acceptors (Lipinski definition) is 3. The first kappa shape index (κ1) is 17.2. The first-order valence-corrected chi connectivity index (χ1v) is 6.85. The predicted molar refractivity (Wildman–Crippen MR) is 78.4 cm³/mol. The van der Waals surface area contributed by atoms with Gasteiger partial charge in [-0.25, -0.2) is 4.39 Å². The van der Waals surface area contributed by atoms with Gasteiger partial charge in [0.15, 0.2) is 0 Å². The molecule has 5 heteroatoms. The molecule has 21 heavy (non-hydrogen) atoms. The molecule has 0 aliphatic carbocycles. The van der Waals surface area contributed by atoms with Gasteiger partial charge in [-0.2, -0.15) is 0 Å². The van der Waals surface area contributed by atoms with Gasteiger partial charge in [0.05, 0.1) is 12.2 Å². The van der Waals surface area contributed by atoms with Crippen LogP contribution < -0.4 is 5.32 Å². The van der Waals surface area contributed by atoms with Crippen molar-refractivity contribution in [3.05, 3.63) is 35.1 Å². The Morgan fingerprint density at radius 1 is 1.43 bits per heavy atom. The average Bonchev–Trinajstić information content (AvgIpc) is 2.48. The van der Waals surface area contributed by atoms with Gasteiger partial charge in [-0.3, -0.25) is 4.79 Å². The third-order valence-corrected chi connectivity index (χ3v) is 2.75. The molecule has 0 unspecified atom stereocenters. The molecular weight excluding hydrogens is 273 g/mol. The second-order valence-electron chi connectivity index (χ2n) is 4.42. The fraction of sp³-hybridized carbons (Fsp3) is 0.438. The second kappa shape index (κ2) is 9.92. The van der Waals surface area contributed by atoms with Gasteiger partial charge in [0.1, 0.15) is 5.82 Å². The fourth-order valence-electron chi connectivity index (χ4n) is 1.70. The maximum absolute atomic E-state index is 13.3. The van der Waals surface area contributed by atoms with Gasteiger partial charge < -0.3 is 15.2 Å².